The van der Waals surface area contributed by atoms with Gasteiger partial charge >= 0.3 is 0 Å². The average Bonchev–Trinajstić information content (AvgIpc) is 2.24. The standard InChI is InChI=1S/C17H29N/c1-9-10-17(18,14(6)7)15(8)16(13(4)5)11-12(2)3/h11H,6,8-10,18H2,1-5,7H3. The van der Waals surface area contributed by atoms with Gasteiger partial charge in [-0.15, -0.1) is 0 Å². The van der Waals surface area contributed by atoms with Gasteiger partial charge in [-0.1, -0.05) is 49.3 Å². The largest absolute Gasteiger partial charge is 0.318 e. The Morgan fingerprint density at radius 1 is 1.11 bits per heavy atom. The zero-order valence-corrected chi connectivity index (χ0v) is 13.0. The Labute approximate surface area is 113 Å². The van der Waals surface area contributed by atoms with Crippen LogP contribution in [0, 0.1) is 0 Å². The molecule has 0 aliphatic carbocycles. The maximum absolute atomic E-state index is 6.55. The Morgan fingerprint density at radius 3 is 1.89 bits per heavy atom. The quantitative estimate of drug-likeness (QED) is 0.523. The first-order valence-corrected chi connectivity index (χ1v) is 6.63. The van der Waals surface area contributed by atoms with Crippen LogP contribution in [0.3, 0.4) is 0 Å². The van der Waals surface area contributed by atoms with Crippen molar-refractivity contribution in [3.8, 4) is 0 Å². The second-order valence-corrected chi connectivity index (χ2v) is 5.62. The van der Waals surface area contributed by atoms with Crippen molar-refractivity contribution in [3.63, 3.8) is 0 Å². The lowest BCUT2D eigenvalue weighted by molar-refractivity contribution is 0.530. The van der Waals surface area contributed by atoms with Crippen molar-refractivity contribution in [3.05, 3.63) is 47.1 Å². The normalized spacial score (nSPS) is 13.5. The van der Waals surface area contributed by atoms with Gasteiger partial charge in [0.1, 0.15) is 0 Å². The van der Waals surface area contributed by atoms with Gasteiger partial charge < -0.3 is 5.73 Å². The van der Waals surface area contributed by atoms with Crippen LogP contribution < -0.4 is 5.73 Å². The molecule has 2 N–H and O–H groups in total. The molecule has 1 unspecified atom stereocenters. The highest BCUT2D eigenvalue weighted by molar-refractivity contribution is 5.51. The predicted molar refractivity (Wildman–Crippen MR) is 83.6 cm³/mol. The van der Waals surface area contributed by atoms with Crippen LogP contribution in [0.15, 0.2) is 47.1 Å². The molecule has 0 rings (SSSR count). The van der Waals surface area contributed by atoms with Gasteiger partial charge in [0.2, 0.25) is 0 Å². The van der Waals surface area contributed by atoms with Crippen molar-refractivity contribution >= 4 is 0 Å². The third-order valence-electron chi connectivity index (χ3n) is 3.24. The lowest BCUT2D eigenvalue weighted by atomic mass is 9.77. The lowest BCUT2D eigenvalue weighted by Crippen LogP contribution is -2.43. The monoisotopic (exact) mass is 247 g/mol. The summed E-state index contributed by atoms with van der Waals surface area (Å²) in [6.07, 6.45) is 4.07. The van der Waals surface area contributed by atoms with E-state index in [9.17, 15) is 0 Å². The smallest absolute Gasteiger partial charge is 0.0619 e. The number of hydrogen-bond acceptors (Lipinski definition) is 1. The van der Waals surface area contributed by atoms with E-state index in [1.807, 2.05) is 6.92 Å². The second-order valence-electron chi connectivity index (χ2n) is 5.62. The van der Waals surface area contributed by atoms with Crippen LogP contribution in [-0.4, -0.2) is 5.54 Å². The first kappa shape index (κ1) is 16.9. The van der Waals surface area contributed by atoms with Crippen molar-refractivity contribution in [2.75, 3.05) is 0 Å². The van der Waals surface area contributed by atoms with Crippen molar-refractivity contribution in [2.24, 2.45) is 5.73 Å². The molecule has 0 aromatic rings. The number of hydrogen-bond donors (Lipinski definition) is 1. The van der Waals surface area contributed by atoms with E-state index in [0.717, 1.165) is 29.6 Å². The average molecular weight is 247 g/mol. The third kappa shape index (κ3) is 3.99. The molecular formula is C17H29N. The molecule has 0 aliphatic rings. The Kier molecular flexibility index (Phi) is 6.34. The zero-order valence-electron chi connectivity index (χ0n) is 13.0. The van der Waals surface area contributed by atoms with E-state index in [1.165, 1.54) is 11.1 Å². The molecule has 102 valence electrons. The van der Waals surface area contributed by atoms with Crippen LogP contribution in [0.1, 0.15) is 54.4 Å². The van der Waals surface area contributed by atoms with Gasteiger partial charge in [-0.3, -0.25) is 0 Å². The number of allylic oxidation sites excluding steroid dienone is 3. The molecule has 0 amide bonds. The van der Waals surface area contributed by atoms with Crippen LogP contribution in [0.4, 0.5) is 0 Å². The van der Waals surface area contributed by atoms with Crippen molar-refractivity contribution in [1.29, 1.82) is 0 Å². The molecule has 0 aromatic heterocycles. The van der Waals surface area contributed by atoms with Gasteiger partial charge in [0.25, 0.3) is 0 Å². The zero-order chi connectivity index (χ0) is 14.5. The topological polar surface area (TPSA) is 26.0 Å². The molecule has 18 heavy (non-hydrogen) atoms. The summed E-state index contributed by atoms with van der Waals surface area (Å²) in [5, 5.41) is 0. The minimum absolute atomic E-state index is 0.493. The van der Waals surface area contributed by atoms with E-state index in [4.69, 9.17) is 5.73 Å². The maximum Gasteiger partial charge on any atom is 0.0619 e. The molecule has 0 radical (unpaired) electrons. The van der Waals surface area contributed by atoms with Crippen LogP contribution in [0.5, 0.6) is 0 Å². The SMILES string of the molecule is C=C(C)C(N)(CCC)C(=C)C(C=C(C)C)=C(C)C. The van der Waals surface area contributed by atoms with E-state index in [2.05, 4.69) is 53.9 Å². The van der Waals surface area contributed by atoms with Crippen LogP contribution in [0.2, 0.25) is 0 Å². The van der Waals surface area contributed by atoms with E-state index in [1.54, 1.807) is 0 Å². The van der Waals surface area contributed by atoms with Gasteiger partial charge in [0.05, 0.1) is 5.54 Å². The van der Waals surface area contributed by atoms with Gasteiger partial charge in [0.15, 0.2) is 0 Å². The fourth-order valence-corrected chi connectivity index (χ4v) is 2.08. The summed E-state index contributed by atoms with van der Waals surface area (Å²) in [5.74, 6) is 0. The molecule has 0 aliphatic heterocycles. The molecule has 0 bridgehead atoms. The predicted octanol–water partition coefficient (Wildman–Crippen LogP) is 4.92. The molecule has 1 atom stereocenters. The first-order chi connectivity index (χ1) is 8.16. The minimum atomic E-state index is -0.493. The van der Waals surface area contributed by atoms with Crippen molar-refractivity contribution in [1.82, 2.24) is 0 Å². The highest BCUT2D eigenvalue weighted by Gasteiger charge is 2.30. The summed E-state index contributed by atoms with van der Waals surface area (Å²) < 4.78 is 0. The molecule has 0 saturated heterocycles. The fourth-order valence-electron chi connectivity index (χ4n) is 2.08. The summed E-state index contributed by atoms with van der Waals surface area (Å²) in [6.45, 7) is 20.8. The molecule has 0 heterocycles. The third-order valence-corrected chi connectivity index (χ3v) is 3.24. The highest BCUT2D eigenvalue weighted by Crippen LogP contribution is 2.33. The highest BCUT2D eigenvalue weighted by atomic mass is 14.7. The fraction of sp³-hybridized carbons (Fsp3) is 0.529. The Balaban J connectivity index is 5.65. The van der Waals surface area contributed by atoms with Crippen LogP contribution in [-0.2, 0) is 0 Å². The van der Waals surface area contributed by atoms with Gasteiger partial charge in [-0.05, 0) is 52.2 Å². The Morgan fingerprint density at radius 2 is 1.61 bits per heavy atom. The summed E-state index contributed by atoms with van der Waals surface area (Å²) in [4.78, 5) is 0. The van der Waals surface area contributed by atoms with Crippen molar-refractivity contribution in [2.45, 2.75) is 59.9 Å². The van der Waals surface area contributed by atoms with Gasteiger partial charge in [0, 0.05) is 0 Å². The molecule has 0 fully saturated rings. The maximum atomic E-state index is 6.55. The molecule has 0 spiro atoms. The summed E-state index contributed by atoms with van der Waals surface area (Å²) >= 11 is 0. The van der Waals surface area contributed by atoms with Gasteiger partial charge in [-0.25, -0.2) is 0 Å². The Bertz CT molecular complexity index is 388. The number of nitrogens with two attached hydrogens (primary N) is 1. The summed E-state index contributed by atoms with van der Waals surface area (Å²) in [5.41, 5.74) is 11.7. The molecular weight excluding hydrogens is 218 g/mol. The van der Waals surface area contributed by atoms with E-state index in [-0.39, 0.29) is 0 Å². The summed E-state index contributed by atoms with van der Waals surface area (Å²) in [6, 6.07) is 0. The van der Waals surface area contributed by atoms with E-state index < -0.39 is 5.54 Å². The van der Waals surface area contributed by atoms with E-state index in [0.29, 0.717) is 0 Å². The van der Waals surface area contributed by atoms with Gasteiger partial charge in [-0.2, -0.15) is 0 Å². The lowest BCUT2D eigenvalue weighted by Gasteiger charge is -2.33. The van der Waals surface area contributed by atoms with Crippen LogP contribution in [0.25, 0.3) is 0 Å². The molecule has 1 heteroatoms. The second kappa shape index (κ2) is 6.75. The number of rotatable bonds is 6. The molecule has 0 saturated carbocycles. The summed E-state index contributed by atoms with van der Waals surface area (Å²) in [7, 11) is 0. The minimum Gasteiger partial charge on any atom is -0.318 e. The van der Waals surface area contributed by atoms with Crippen molar-refractivity contribution < 1.29 is 0 Å². The first-order valence-electron chi connectivity index (χ1n) is 6.63. The molecule has 0 aromatic carbocycles. The Hall–Kier alpha value is -1.08. The van der Waals surface area contributed by atoms with Crippen LogP contribution >= 0.6 is 0 Å². The molecule has 1 nitrogen and oxygen atoms in total. The van der Waals surface area contributed by atoms with E-state index >= 15 is 0 Å².